The summed E-state index contributed by atoms with van der Waals surface area (Å²) < 4.78 is 13.2. The number of carbonyl (C=O) groups is 1. The molecule has 6 heteroatoms. The number of hydrazone groups is 1. The normalized spacial score (nSPS) is 12.6. The summed E-state index contributed by atoms with van der Waals surface area (Å²) in [5.41, 5.74) is 5.11. The van der Waals surface area contributed by atoms with E-state index in [1.807, 2.05) is 48.5 Å². The second kappa shape index (κ2) is 7.63. The summed E-state index contributed by atoms with van der Waals surface area (Å²) in [7, 11) is 0. The van der Waals surface area contributed by atoms with Gasteiger partial charge in [0.05, 0.1) is 17.6 Å². The van der Waals surface area contributed by atoms with E-state index in [-0.39, 0.29) is 18.3 Å². The van der Waals surface area contributed by atoms with Gasteiger partial charge in [0.2, 0.25) is 0 Å². The lowest BCUT2D eigenvalue weighted by Gasteiger charge is -2.30. The molecule has 1 heterocycles. The zero-order chi connectivity index (χ0) is 18.6. The van der Waals surface area contributed by atoms with Crippen LogP contribution in [0.15, 0.2) is 87.7 Å². The summed E-state index contributed by atoms with van der Waals surface area (Å²) in [5.74, 6) is -0.444. The number of nitrogens with one attached hydrogen (secondary N) is 1. The first kappa shape index (κ1) is 17.3. The maximum absolute atomic E-state index is 13.2. The SMILES string of the molecule is O=C(CN/N=C\c1cccc(F)c1)N1c2ccccc2Sc2ccccc21. The highest BCUT2D eigenvalue weighted by Gasteiger charge is 2.27. The van der Waals surface area contributed by atoms with Crippen LogP contribution in [0.2, 0.25) is 0 Å². The fraction of sp³-hybridized carbons (Fsp3) is 0.0476. The molecule has 0 aliphatic carbocycles. The molecule has 1 aliphatic rings. The lowest BCUT2D eigenvalue weighted by Crippen LogP contribution is -2.35. The van der Waals surface area contributed by atoms with Gasteiger partial charge < -0.3 is 5.43 Å². The molecule has 0 atom stereocenters. The molecule has 0 fully saturated rings. The highest BCUT2D eigenvalue weighted by Crippen LogP contribution is 2.47. The molecular weight excluding hydrogens is 361 g/mol. The quantitative estimate of drug-likeness (QED) is 0.535. The molecule has 0 radical (unpaired) electrons. The summed E-state index contributed by atoms with van der Waals surface area (Å²) in [6, 6.07) is 21.8. The van der Waals surface area contributed by atoms with E-state index in [9.17, 15) is 9.18 Å². The van der Waals surface area contributed by atoms with E-state index in [4.69, 9.17) is 0 Å². The Balaban J connectivity index is 1.52. The minimum Gasteiger partial charge on any atom is -0.301 e. The highest BCUT2D eigenvalue weighted by molar-refractivity contribution is 7.99. The Morgan fingerprint density at radius 2 is 1.67 bits per heavy atom. The fourth-order valence-corrected chi connectivity index (χ4v) is 3.93. The van der Waals surface area contributed by atoms with Crippen molar-refractivity contribution in [3.63, 3.8) is 0 Å². The minimum absolute atomic E-state index is 0.0269. The van der Waals surface area contributed by atoms with Crippen LogP contribution in [0, 0.1) is 5.82 Å². The lowest BCUT2D eigenvalue weighted by molar-refractivity contribution is -0.117. The number of carbonyl (C=O) groups excluding carboxylic acids is 1. The van der Waals surface area contributed by atoms with Crippen molar-refractivity contribution >= 4 is 35.3 Å². The number of amides is 1. The van der Waals surface area contributed by atoms with Crippen LogP contribution in [-0.2, 0) is 4.79 Å². The van der Waals surface area contributed by atoms with Crippen molar-refractivity contribution in [1.29, 1.82) is 0 Å². The van der Waals surface area contributed by atoms with Gasteiger partial charge in [-0.3, -0.25) is 9.69 Å². The van der Waals surface area contributed by atoms with Crippen LogP contribution in [-0.4, -0.2) is 18.7 Å². The second-order valence-electron chi connectivity index (χ2n) is 5.91. The number of hydrogen-bond acceptors (Lipinski definition) is 4. The van der Waals surface area contributed by atoms with Crippen molar-refractivity contribution in [3.05, 3.63) is 84.2 Å². The first-order valence-corrected chi connectivity index (χ1v) is 9.24. The smallest absolute Gasteiger partial charge is 0.252 e. The Hall–Kier alpha value is -3.12. The third-order valence-corrected chi connectivity index (χ3v) is 5.20. The molecule has 3 aromatic rings. The maximum atomic E-state index is 13.2. The molecule has 1 amide bonds. The number of benzene rings is 3. The molecule has 1 aliphatic heterocycles. The Morgan fingerprint density at radius 1 is 1.00 bits per heavy atom. The van der Waals surface area contributed by atoms with Crippen LogP contribution in [0.1, 0.15) is 5.56 Å². The molecule has 0 aromatic heterocycles. The van der Waals surface area contributed by atoms with Gasteiger partial charge in [-0.25, -0.2) is 4.39 Å². The van der Waals surface area contributed by atoms with Crippen molar-refractivity contribution in [2.75, 3.05) is 11.4 Å². The van der Waals surface area contributed by atoms with Crippen LogP contribution in [0.5, 0.6) is 0 Å². The van der Waals surface area contributed by atoms with Gasteiger partial charge in [0.1, 0.15) is 12.4 Å². The first-order valence-electron chi connectivity index (χ1n) is 8.43. The summed E-state index contributed by atoms with van der Waals surface area (Å²) in [4.78, 5) is 16.7. The zero-order valence-electron chi connectivity index (χ0n) is 14.3. The van der Waals surface area contributed by atoms with Gasteiger partial charge in [-0.05, 0) is 42.0 Å². The second-order valence-corrected chi connectivity index (χ2v) is 7.00. The molecule has 4 nitrogen and oxygen atoms in total. The number of rotatable bonds is 4. The predicted molar refractivity (Wildman–Crippen MR) is 106 cm³/mol. The topological polar surface area (TPSA) is 44.7 Å². The first-order chi connectivity index (χ1) is 13.2. The molecule has 134 valence electrons. The number of anilines is 2. The molecule has 27 heavy (non-hydrogen) atoms. The van der Waals surface area contributed by atoms with Crippen LogP contribution in [0.4, 0.5) is 15.8 Å². The number of para-hydroxylation sites is 2. The van der Waals surface area contributed by atoms with Gasteiger partial charge in [-0.1, -0.05) is 48.2 Å². The van der Waals surface area contributed by atoms with E-state index in [2.05, 4.69) is 10.5 Å². The van der Waals surface area contributed by atoms with Gasteiger partial charge >= 0.3 is 0 Å². The molecular formula is C21H16FN3OS. The summed E-state index contributed by atoms with van der Waals surface area (Å²) in [6.45, 7) is 0.0269. The van der Waals surface area contributed by atoms with Crippen molar-refractivity contribution in [2.45, 2.75) is 9.79 Å². The van der Waals surface area contributed by atoms with Crippen molar-refractivity contribution < 1.29 is 9.18 Å². The third kappa shape index (κ3) is 3.71. The van der Waals surface area contributed by atoms with E-state index < -0.39 is 0 Å². The van der Waals surface area contributed by atoms with Gasteiger partial charge in [0.15, 0.2) is 0 Å². The van der Waals surface area contributed by atoms with E-state index in [1.165, 1.54) is 18.3 Å². The van der Waals surface area contributed by atoms with Crippen LogP contribution in [0.3, 0.4) is 0 Å². The molecule has 1 N–H and O–H groups in total. The predicted octanol–water partition coefficient (Wildman–Crippen LogP) is 4.58. The Labute approximate surface area is 160 Å². The van der Waals surface area contributed by atoms with Gasteiger partial charge in [-0.15, -0.1) is 0 Å². The van der Waals surface area contributed by atoms with E-state index >= 15 is 0 Å². The average molecular weight is 377 g/mol. The monoisotopic (exact) mass is 377 g/mol. The van der Waals surface area contributed by atoms with E-state index in [0.29, 0.717) is 5.56 Å². The molecule has 3 aromatic carbocycles. The largest absolute Gasteiger partial charge is 0.301 e. The van der Waals surface area contributed by atoms with Crippen LogP contribution < -0.4 is 10.3 Å². The van der Waals surface area contributed by atoms with Crippen molar-refractivity contribution in [3.8, 4) is 0 Å². The molecule has 0 saturated carbocycles. The molecule has 0 unspecified atom stereocenters. The standard InChI is InChI=1S/C21H16FN3OS/c22-16-7-5-6-15(12-16)13-23-24-14-21(26)25-17-8-1-3-10-19(17)27-20-11-4-2-9-18(20)25/h1-13,24H,14H2/b23-13-. The molecule has 0 saturated heterocycles. The summed E-state index contributed by atoms with van der Waals surface area (Å²) in [6.07, 6.45) is 1.49. The van der Waals surface area contributed by atoms with E-state index in [1.54, 1.807) is 28.8 Å². The number of fused-ring (bicyclic) bond motifs is 2. The van der Waals surface area contributed by atoms with Crippen LogP contribution >= 0.6 is 11.8 Å². The highest BCUT2D eigenvalue weighted by atomic mass is 32.2. The Kier molecular flexibility index (Phi) is 4.89. The van der Waals surface area contributed by atoms with Gasteiger partial charge in [0.25, 0.3) is 5.91 Å². The Bertz CT molecular complexity index is 976. The molecule has 4 rings (SSSR count). The van der Waals surface area contributed by atoms with Gasteiger partial charge in [-0.2, -0.15) is 5.10 Å². The number of halogens is 1. The van der Waals surface area contributed by atoms with E-state index in [0.717, 1.165) is 21.2 Å². The number of nitrogens with zero attached hydrogens (tertiary/aromatic N) is 2. The summed E-state index contributed by atoms with van der Waals surface area (Å²) >= 11 is 1.65. The molecule has 0 bridgehead atoms. The average Bonchev–Trinajstić information content (AvgIpc) is 2.69. The third-order valence-electron chi connectivity index (χ3n) is 4.07. The molecule has 0 spiro atoms. The van der Waals surface area contributed by atoms with Crippen molar-refractivity contribution in [1.82, 2.24) is 5.43 Å². The fourth-order valence-electron chi connectivity index (χ4n) is 2.87. The summed E-state index contributed by atoms with van der Waals surface area (Å²) in [5, 5.41) is 4.04. The van der Waals surface area contributed by atoms with Gasteiger partial charge in [0, 0.05) is 9.79 Å². The van der Waals surface area contributed by atoms with Crippen molar-refractivity contribution in [2.24, 2.45) is 5.10 Å². The van der Waals surface area contributed by atoms with Crippen LogP contribution in [0.25, 0.3) is 0 Å². The minimum atomic E-state index is -0.325. The maximum Gasteiger partial charge on any atom is 0.252 e. The Morgan fingerprint density at radius 3 is 2.33 bits per heavy atom. The number of hydrogen-bond donors (Lipinski definition) is 1. The zero-order valence-corrected chi connectivity index (χ0v) is 15.1. The lowest BCUT2D eigenvalue weighted by atomic mass is 10.2.